The highest BCUT2D eigenvalue weighted by Gasteiger charge is 2.27. The minimum atomic E-state index is 0.0699. The maximum absolute atomic E-state index is 12.6. The summed E-state index contributed by atoms with van der Waals surface area (Å²) in [7, 11) is 4.08. The summed E-state index contributed by atoms with van der Waals surface area (Å²) < 4.78 is 0. The van der Waals surface area contributed by atoms with Gasteiger partial charge in [0.15, 0.2) is 0 Å². The average molecular weight is 353 g/mol. The van der Waals surface area contributed by atoms with Crippen molar-refractivity contribution in [2.75, 3.05) is 46.8 Å². The second kappa shape index (κ2) is 9.53. The molecule has 1 N–H and O–H groups in total. The second-order valence-electron chi connectivity index (χ2n) is 7.99. The number of hydrogen-bond acceptors (Lipinski definition) is 4. The van der Waals surface area contributed by atoms with Gasteiger partial charge < -0.3 is 20.0 Å². The Labute approximate surface area is 152 Å². The van der Waals surface area contributed by atoms with Crippen LogP contribution in [0.4, 0.5) is 0 Å². The molecule has 144 valence electrons. The maximum atomic E-state index is 12.6. The molecule has 0 aromatic rings. The van der Waals surface area contributed by atoms with E-state index in [4.69, 9.17) is 0 Å². The predicted molar refractivity (Wildman–Crippen MR) is 100 cm³/mol. The molecule has 2 saturated heterocycles. The molecule has 0 aliphatic carbocycles. The van der Waals surface area contributed by atoms with Crippen LogP contribution in [0.15, 0.2) is 0 Å². The van der Waals surface area contributed by atoms with Crippen molar-refractivity contribution in [3.05, 3.63) is 0 Å². The molecular formula is C19H36N4O2. The Morgan fingerprint density at radius 3 is 2.28 bits per heavy atom. The molecule has 1 atom stereocenters. The molecule has 0 radical (unpaired) electrons. The zero-order chi connectivity index (χ0) is 18.4. The van der Waals surface area contributed by atoms with E-state index in [1.165, 1.54) is 0 Å². The third-order valence-electron chi connectivity index (χ3n) is 5.89. The van der Waals surface area contributed by atoms with E-state index in [1.54, 1.807) is 6.92 Å². The van der Waals surface area contributed by atoms with Crippen LogP contribution in [0.5, 0.6) is 0 Å². The quantitative estimate of drug-likeness (QED) is 0.780. The normalized spacial score (nSPS) is 22.6. The highest BCUT2D eigenvalue weighted by molar-refractivity contribution is 5.78. The number of rotatable bonds is 6. The smallest absolute Gasteiger partial charge is 0.225 e. The summed E-state index contributed by atoms with van der Waals surface area (Å²) in [6.45, 7) is 8.79. The van der Waals surface area contributed by atoms with Crippen LogP contribution in [0.1, 0.15) is 46.0 Å². The molecular weight excluding hydrogens is 316 g/mol. The first-order valence-corrected chi connectivity index (χ1v) is 9.81. The third-order valence-corrected chi connectivity index (χ3v) is 5.89. The topological polar surface area (TPSA) is 55.9 Å². The lowest BCUT2D eigenvalue weighted by molar-refractivity contribution is -0.135. The lowest BCUT2D eigenvalue weighted by atomic mass is 9.95. The molecule has 0 aromatic carbocycles. The summed E-state index contributed by atoms with van der Waals surface area (Å²) in [5.41, 5.74) is 0. The van der Waals surface area contributed by atoms with Crippen molar-refractivity contribution < 1.29 is 9.59 Å². The van der Waals surface area contributed by atoms with Gasteiger partial charge in [-0.25, -0.2) is 0 Å². The number of carbonyl (C=O) groups excluding carboxylic acids is 2. The fourth-order valence-electron chi connectivity index (χ4n) is 4.01. The summed E-state index contributed by atoms with van der Waals surface area (Å²) in [6.07, 6.45) is 5.04. The summed E-state index contributed by atoms with van der Waals surface area (Å²) in [5, 5.41) is 3.02. The number of amides is 2. The Morgan fingerprint density at radius 2 is 1.72 bits per heavy atom. The Bertz CT molecular complexity index is 441. The van der Waals surface area contributed by atoms with E-state index in [1.807, 2.05) is 11.9 Å². The summed E-state index contributed by atoms with van der Waals surface area (Å²) >= 11 is 0. The van der Waals surface area contributed by atoms with Crippen molar-refractivity contribution in [3.63, 3.8) is 0 Å². The molecule has 6 heteroatoms. The highest BCUT2D eigenvalue weighted by Crippen LogP contribution is 2.19. The maximum Gasteiger partial charge on any atom is 0.225 e. The van der Waals surface area contributed by atoms with Gasteiger partial charge in [0.2, 0.25) is 11.8 Å². The first-order chi connectivity index (χ1) is 11.9. The van der Waals surface area contributed by atoms with Crippen molar-refractivity contribution >= 4 is 11.8 Å². The van der Waals surface area contributed by atoms with Gasteiger partial charge in [0.25, 0.3) is 0 Å². The SMILES string of the molecule is CC(=O)NC1CCN(C(C)CCN(C)C(=O)C2CCN(C)CC2)CC1. The number of hydrogen-bond donors (Lipinski definition) is 1. The van der Waals surface area contributed by atoms with E-state index < -0.39 is 0 Å². The Kier molecular flexibility index (Phi) is 7.69. The van der Waals surface area contributed by atoms with Gasteiger partial charge in [-0.3, -0.25) is 9.59 Å². The molecule has 1 unspecified atom stereocenters. The second-order valence-corrected chi connectivity index (χ2v) is 7.99. The van der Waals surface area contributed by atoms with Crippen molar-refractivity contribution in [2.24, 2.45) is 5.92 Å². The summed E-state index contributed by atoms with van der Waals surface area (Å²) in [6, 6.07) is 0.806. The third kappa shape index (κ3) is 6.26. The Hall–Kier alpha value is -1.14. The summed E-state index contributed by atoms with van der Waals surface area (Å²) in [5.74, 6) is 0.607. The number of carbonyl (C=O) groups is 2. The van der Waals surface area contributed by atoms with Gasteiger partial charge in [0.05, 0.1) is 0 Å². The highest BCUT2D eigenvalue weighted by atomic mass is 16.2. The van der Waals surface area contributed by atoms with Crippen LogP contribution in [0.2, 0.25) is 0 Å². The van der Waals surface area contributed by atoms with Gasteiger partial charge in [0.1, 0.15) is 0 Å². The van der Waals surface area contributed by atoms with Gasteiger partial charge in [-0.2, -0.15) is 0 Å². The molecule has 0 aromatic heterocycles. The number of nitrogens with zero attached hydrogens (tertiary/aromatic N) is 3. The monoisotopic (exact) mass is 352 g/mol. The predicted octanol–water partition coefficient (Wildman–Crippen LogP) is 1.17. The van der Waals surface area contributed by atoms with E-state index in [2.05, 4.69) is 29.1 Å². The fourth-order valence-corrected chi connectivity index (χ4v) is 4.01. The molecule has 2 aliphatic heterocycles. The molecule has 2 heterocycles. The molecule has 2 rings (SSSR count). The van der Waals surface area contributed by atoms with Crippen LogP contribution in [0, 0.1) is 5.92 Å². The Balaban J connectivity index is 1.68. The minimum Gasteiger partial charge on any atom is -0.354 e. The first-order valence-electron chi connectivity index (χ1n) is 9.81. The lowest BCUT2D eigenvalue weighted by Gasteiger charge is -2.37. The van der Waals surface area contributed by atoms with Crippen molar-refractivity contribution in [1.29, 1.82) is 0 Å². The largest absolute Gasteiger partial charge is 0.354 e. The van der Waals surface area contributed by atoms with Crippen LogP contribution in [0.25, 0.3) is 0 Å². The number of piperidine rings is 2. The molecule has 25 heavy (non-hydrogen) atoms. The van der Waals surface area contributed by atoms with Gasteiger partial charge in [-0.15, -0.1) is 0 Å². The van der Waals surface area contributed by atoms with Gasteiger partial charge in [-0.05, 0) is 59.2 Å². The van der Waals surface area contributed by atoms with E-state index >= 15 is 0 Å². The van der Waals surface area contributed by atoms with Crippen LogP contribution >= 0.6 is 0 Å². The van der Waals surface area contributed by atoms with Crippen molar-refractivity contribution in [1.82, 2.24) is 20.0 Å². The van der Waals surface area contributed by atoms with E-state index in [9.17, 15) is 9.59 Å². The van der Waals surface area contributed by atoms with Crippen molar-refractivity contribution in [3.8, 4) is 0 Å². The van der Waals surface area contributed by atoms with Crippen LogP contribution < -0.4 is 5.32 Å². The molecule has 0 spiro atoms. The zero-order valence-electron chi connectivity index (χ0n) is 16.5. The summed E-state index contributed by atoms with van der Waals surface area (Å²) in [4.78, 5) is 30.5. The molecule has 2 fully saturated rings. The first kappa shape index (κ1) is 20.2. The van der Waals surface area contributed by atoms with Crippen LogP contribution in [0.3, 0.4) is 0 Å². The molecule has 6 nitrogen and oxygen atoms in total. The van der Waals surface area contributed by atoms with Crippen molar-refractivity contribution in [2.45, 2.75) is 58.0 Å². The van der Waals surface area contributed by atoms with E-state index in [-0.39, 0.29) is 11.8 Å². The molecule has 2 amide bonds. The number of nitrogens with one attached hydrogen (secondary N) is 1. The van der Waals surface area contributed by atoms with Gasteiger partial charge in [-0.1, -0.05) is 0 Å². The van der Waals surface area contributed by atoms with Crippen LogP contribution in [-0.4, -0.2) is 85.4 Å². The minimum absolute atomic E-state index is 0.0699. The van der Waals surface area contributed by atoms with Gasteiger partial charge in [0, 0.05) is 51.6 Å². The number of likely N-dealkylation sites (tertiary alicyclic amines) is 2. The molecule has 2 aliphatic rings. The van der Waals surface area contributed by atoms with Crippen LogP contribution in [-0.2, 0) is 9.59 Å². The van der Waals surface area contributed by atoms with E-state index in [0.717, 1.165) is 64.8 Å². The fraction of sp³-hybridized carbons (Fsp3) is 0.895. The average Bonchev–Trinajstić information content (AvgIpc) is 2.59. The molecule has 0 saturated carbocycles. The Morgan fingerprint density at radius 1 is 1.12 bits per heavy atom. The zero-order valence-corrected chi connectivity index (χ0v) is 16.5. The molecule has 0 bridgehead atoms. The standard InChI is InChI=1S/C19H36N4O2/c1-15(23-13-8-18(9-14-23)20-16(2)24)5-12-22(4)19(25)17-6-10-21(3)11-7-17/h15,17-18H,5-14H2,1-4H3,(H,20,24). The lowest BCUT2D eigenvalue weighted by Crippen LogP contribution is -2.47. The van der Waals surface area contributed by atoms with E-state index in [0.29, 0.717) is 18.0 Å². The van der Waals surface area contributed by atoms with Gasteiger partial charge >= 0.3 is 0 Å².